The lowest BCUT2D eigenvalue weighted by atomic mass is 9.84. The molecule has 1 aromatic carbocycles. The zero-order chi connectivity index (χ0) is 14.4. The van der Waals surface area contributed by atoms with Gasteiger partial charge in [0.15, 0.2) is 0 Å². The van der Waals surface area contributed by atoms with Gasteiger partial charge < -0.3 is 14.6 Å². The van der Waals surface area contributed by atoms with Crippen LogP contribution in [0.1, 0.15) is 0 Å². The Balaban J connectivity index is 1.81. The zero-order valence-electron chi connectivity index (χ0n) is 11.4. The van der Waals surface area contributed by atoms with Crippen LogP contribution in [0.3, 0.4) is 0 Å². The summed E-state index contributed by atoms with van der Waals surface area (Å²) < 4.78 is 10.2. The molecular weight excluding hydrogens is 259 g/mol. The van der Waals surface area contributed by atoms with Crippen molar-refractivity contribution in [1.29, 1.82) is 0 Å². The summed E-state index contributed by atoms with van der Waals surface area (Å²) in [6.07, 6.45) is 0.413. The summed E-state index contributed by atoms with van der Waals surface area (Å²) in [7, 11) is 0.847. The maximum Gasteiger partial charge on any atom is 0.600 e. The molecule has 20 heavy (non-hydrogen) atoms. The number of nitrogens with one attached hydrogen (secondary N) is 1. The monoisotopic (exact) mass is 276 g/mol. The minimum atomic E-state index is -0.820. The molecule has 6 nitrogen and oxygen atoms in total. The summed E-state index contributed by atoms with van der Waals surface area (Å²) in [6, 6.07) is 9.65. The second-order valence-corrected chi connectivity index (χ2v) is 4.66. The van der Waals surface area contributed by atoms with Gasteiger partial charge in [0.2, 0.25) is 0 Å². The van der Waals surface area contributed by atoms with Crippen molar-refractivity contribution in [3.05, 3.63) is 30.3 Å². The first-order valence-electron chi connectivity index (χ1n) is 6.50. The van der Waals surface area contributed by atoms with Crippen molar-refractivity contribution in [3.8, 4) is 0 Å². The molecule has 0 amide bonds. The van der Waals surface area contributed by atoms with Crippen LogP contribution in [0.25, 0.3) is 0 Å². The summed E-state index contributed by atoms with van der Waals surface area (Å²) in [4.78, 5) is 24.6. The molecule has 1 fully saturated rings. The van der Waals surface area contributed by atoms with E-state index in [1.165, 1.54) is 0 Å². The second-order valence-electron chi connectivity index (χ2n) is 4.66. The van der Waals surface area contributed by atoms with E-state index in [-0.39, 0.29) is 25.0 Å². The number of carbonyl (C=O) groups is 2. The highest BCUT2D eigenvalue weighted by molar-refractivity contribution is 6.49. The summed E-state index contributed by atoms with van der Waals surface area (Å²) in [5, 5.41) is 3.17. The topological polar surface area (TPSA) is 67.9 Å². The van der Waals surface area contributed by atoms with Crippen LogP contribution in [0.4, 0.5) is 5.69 Å². The van der Waals surface area contributed by atoms with Crippen LogP contribution in [0.5, 0.6) is 0 Å². The normalized spacial score (nSPS) is 16.9. The molecule has 0 aliphatic carbocycles. The Kier molecular flexibility index (Phi) is 5.00. The number of carbonyl (C=O) groups excluding carboxylic acids is 2. The van der Waals surface area contributed by atoms with E-state index in [1.807, 2.05) is 30.3 Å². The van der Waals surface area contributed by atoms with Gasteiger partial charge in [-0.2, -0.15) is 0 Å². The molecule has 1 heterocycles. The number of likely N-dealkylation sites (N-methyl/N-ethyl adjacent to an activating group) is 1. The van der Waals surface area contributed by atoms with Gasteiger partial charge in [-0.15, -0.1) is 0 Å². The molecule has 0 bridgehead atoms. The number of benzene rings is 1. The van der Waals surface area contributed by atoms with Gasteiger partial charge in [0.05, 0.1) is 13.1 Å². The molecule has 0 unspecified atom stereocenters. The number of hydrogen-bond acceptors (Lipinski definition) is 6. The molecule has 1 saturated heterocycles. The van der Waals surface area contributed by atoms with Crippen molar-refractivity contribution in [2.75, 3.05) is 32.0 Å². The first kappa shape index (κ1) is 14.4. The molecule has 0 radical (unpaired) electrons. The maximum absolute atomic E-state index is 11.5. The number of hydrogen-bond donors (Lipinski definition) is 1. The summed E-state index contributed by atoms with van der Waals surface area (Å²) in [6.45, 7) is 0.737. The largest absolute Gasteiger partial charge is 0.600 e. The number of nitrogens with zero attached hydrogens (tertiary/aromatic N) is 1. The lowest BCUT2D eigenvalue weighted by molar-refractivity contribution is -0.145. The van der Waals surface area contributed by atoms with Gasteiger partial charge >= 0.3 is 19.1 Å². The average molecular weight is 276 g/mol. The number of para-hydroxylation sites is 1. The molecule has 2 rings (SSSR count). The standard InChI is InChI=1S/C13H17BN2O4/c1-16-9-12(17)19-14(20-13(18)10-16)7-8-15-11-5-3-2-4-6-11/h2-6,15H,7-10H2,1H3. The molecule has 0 aromatic heterocycles. The van der Waals surface area contributed by atoms with E-state index in [0.29, 0.717) is 12.9 Å². The lowest BCUT2D eigenvalue weighted by Crippen LogP contribution is -2.42. The zero-order valence-corrected chi connectivity index (χ0v) is 11.4. The second kappa shape index (κ2) is 6.95. The smallest absolute Gasteiger partial charge is 0.498 e. The van der Waals surface area contributed by atoms with Crippen molar-refractivity contribution >= 4 is 24.7 Å². The number of anilines is 1. The fourth-order valence-electron chi connectivity index (χ4n) is 1.90. The Morgan fingerprint density at radius 3 is 2.35 bits per heavy atom. The molecule has 1 aliphatic heterocycles. The highest BCUT2D eigenvalue weighted by Gasteiger charge is 2.30. The van der Waals surface area contributed by atoms with Crippen LogP contribution in [0, 0.1) is 0 Å². The first-order chi connectivity index (χ1) is 9.63. The van der Waals surface area contributed by atoms with Crippen molar-refractivity contribution < 1.29 is 18.9 Å². The van der Waals surface area contributed by atoms with Crippen LogP contribution < -0.4 is 5.32 Å². The van der Waals surface area contributed by atoms with Gasteiger partial charge in [-0.3, -0.25) is 14.5 Å². The molecule has 1 aliphatic rings. The fraction of sp³-hybridized carbons (Fsp3) is 0.385. The SMILES string of the molecule is CN1CC(=O)OB(CCNc2ccccc2)OC(=O)C1. The van der Waals surface area contributed by atoms with E-state index >= 15 is 0 Å². The minimum absolute atomic E-state index is 0.0950. The maximum atomic E-state index is 11.5. The Bertz CT molecular complexity index is 449. The van der Waals surface area contributed by atoms with E-state index in [1.54, 1.807) is 11.9 Å². The van der Waals surface area contributed by atoms with Crippen molar-refractivity contribution in [1.82, 2.24) is 4.90 Å². The quantitative estimate of drug-likeness (QED) is 0.813. The summed E-state index contributed by atoms with van der Waals surface area (Å²) in [5.41, 5.74) is 0.968. The summed E-state index contributed by atoms with van der Waals surface area (Å²) >= 11 is 0. The van der Waals surface area contributed by atoms with Gasteiger partial charge in [-0.1, -0.05) is 18.2 Å². The molecule has 1 N–H and O–H groups in total. The minimum Gasteiger partial charge on any atom is -0.498 e. The Hall–Kier alpha value is -2.02. The molecule has 1 aromatic rings. The highest BCUT2D eigenvalue weighted by atomic mass is 16.6. The third-order valence-corrected chi connectivity index (χ3v) is 2.81. The van der Waals surface area contributed by atoms with Gasteiger partial charge in [0.25, 0.3) is 0 Å². The van der Waals surface area contributed by atoms with Crippen molar-refractivity contribution in [2.24, 2.45) is 0 Å². The molecule has 106 valence electrons. The lowest BCUT2D eigenvalue weighted by Gasteiger charge is -2.22. The Morgan fingerprint density at radius 1 is 1.15 bits per heavy atom. The first-order valence-corrected chi connectivity index (χ1v) is 6.50. The predicted octanol–water partition coefficient (Wildman–Crippen LogP) is 0.618. The van der Waals surface area contributed by atoms with E-state index in [4.69, 9.17) is 9.31 Å². The van der Waals surface area contributed by atoms with Crippen molar-refractivity contribution in [3.63, 3.8) is 0 Å². The Morgan fingerprint density at radius 2 is 1.75 bits per heavy atom. The van der Waals surface area contributed by atoms with Gasteiger partial charge in [0, 0.05) is 18.6 Å². The highest BCUT2D eigenvalue weighted by Crippen LogP contribution is 2.08. The summed E-state index contributed by atoms with van der Waals surface area (Å²) in [5.74, 6) is -0.769. The molecule has 7 heteroatoms. The van der Waals surface area contributed by atoms with Gasteiger partial charge in [-0.05, 0) is 19.2 Å². The van der Waals surface area contributed by atoms with Crippen LogP contribution >= 0.6 is 0 Å². The average Bonchev–Trinajstić information content (AvgIpc) is 2.37. The van der Waals surface area contributed by atoms with Crippen molar-refractivity contribution in [2.45, 2.75) is 6.32 Å². The van der Waals surface area contributed by atoms with Gasteiger partial charge in [-0.25, -0.2) is 0 Å². The third-order valence-electron chi connectivity index (χ3n) is 2.81. The van der Waals surface area contributed by atoms with E-state index in [0.717, 1.165) is 5.69 Å². The molecule has 0 atom stereocenters. The van der Waals surface area contributed by atoms with Crippen LogP contribution in [-0.4, -0.2) is 50.6 Å². The van der Waals surface area contributed by atoms with E-state index in [2.05, 4.69) is 5.32 Å². The molecule has 0 spiro atoms. The van der Waals surface area contributed by atoms with Crippen LogP contribution in [0.2, 0.25) is 6.32 Å². The van der Waals surface area contributed by atoms with Gasteiger partial charge in [0.1, 0.15) is 0 Å². The van der Waals surface area contributed by atoms with Crippen LogP contribution in [0.15, 0.2) is 30.3 Å². The Labute approximate surface area is 118 Å². The predicted molar refractivity (Wildman–Crippen MR) is 75.2 cm³/mol. The third kappa shape index (κ3) is 4.58. The van der Waals surface area contributed by atoms with Crippen LogP contribution in [-0.2, 0) is 18.9 Å². The molecule has 0 saturated carbocycles. The fourth-order valence-corrected chi connectivity index (χ4v) is 1.90. The van der Waals surface area contributed by atoms with E-state index in [9.17, 15) is 9.59 Å². The van der Waals surface area contributed by atoms with E-state index < -0.39 is 7.12 Å². The molecular formula is C13H17BN2O4. The number of rotatable bonds is 4.